The Morgan fingerprint density at radius 1 is 1.05 bits per heavy atom. The van der Waals surface area contributed by atoms with Crippen molar-refractivity contribution in [2.45, 2.75) is 13.5 Å². The van der Waals surface area contributed by atoms with Crippen LogP contribution in [0.3, 0.4) is 0 Å². The number of rotatable bonds is 9. The van der Waals surface area contributed by atoms with Gasteiger partial charge in [0.2, 0.25) is 0 Å². The number of hydroxylamine groups is 1. The van der Waals surface area contributed by atoms with Crippen molar-refractivity contribution in [1.82, 2.24) is 9.36 Å². The number of methoxy groups -OCH3 is 2. The fourth-order valence-electron chi connectivity index (χ4n) is 4.61. The van der Waals surface area contributed by atoms with Crippen molar-refractivity contribution in [3.8, 4) is 17.2 Å². The Hall–Kier alpha value is -4.83. The highest BCUT2D eigenvalue weighted by Gasteiger charge is 2.24. The Labute approximate surface area is 230 Å². The van der Waals surface area contributed by atoms with Gasteiger partial charge in [-0.05, 0) is 43.3 Å². The summed E-state index contributed by atoms with van der Waals surface area (Å²) in [6.07, 6.45) is 3.87. The Morgan fingerprint density at radius 2 is 1.85 bits per heavy atom. The van der Waals surface area contributed by atoms with Gasteiger partial charge in [-0.2, -0.15) is 0 Å². The molecule has 9 nitrogen and oxygen atoms in total. The summed E-state index contributed by atoms with van der Waals surface area (Å²) in [5.74, 6) is -0.680. The molecule has 0 unspecified atom stereocenters. The largest absolute Gasteiger partial charge is 0.497 e. The monoisotopic (exact) mass is 544 g/mol. The molecule has 1 N–H and O–H groups in total. The van der Waals surface area contributed by atoms with Gasteiger partial charge in [0.05, 0.1) is 43.9 Å². The molecule has 0 bridgehead atoms. The van der Waals surface area contributed by atoms with E-state index in [2.05, 4.69) is 5.32 Å². The first-order valence-corrected chi connectivity index (χ1v) is 12.7. The van der Waals surface area contributed by atoms with Gasteiger partial charge in [-0.1, -0.05) is 30.4 Å². The van der Waals surface area contributed by atoms with Crippen LogP contribution in [0.15, 0.2) is 77.6 Å². The van der Waals surface area contributed by atoms with Gasteiger partial charge in [-0.3, -0.25) is 14.3 Å². The summed E-state index contributed by atoms with van der Waals surface area (Å²) in [6, 6.07) is 18.7. The number of hydrogen-bond donors (Lipinski definition) is 1. The molecule has 206 valence electrons. The number of fused-ring (bicyclic) bond motifs is 1. The minimum Gasteiger partial charge on any atom is -0.497 e. The second-order valence-corrected chi connectivity index (χ2v) is 9.11. The van der Waals surface area contributed by atoms with Crippen molar-refractivity contribution in [1.29, 1.82) is 0 Å². The van der Waals surface area contributed by atoms with Crippen LogP contribution < -0.4 is 25.5 Å². The number of para-hydroxylation sites is 1. The lowest BCUT2D eigenvalue weighted by Crippen LogP contribution is -2.30. The van der Waals surface area contributed by atoms with Crippen molar-refractivity contribution in [3.05, 3.63) is 106 Å². The average molecular weight is 545 g/mol. The molecule has 1 amide bonds. The second kappa shape index (κ2) is 11.5. The predicted molar refractivity (Wildman–Crippen MR) is 151 cm³/mol. The van der Waals surface area contributed by atoms with E-state index in [1.807, 2.05) is 48.6 Å². The number of carbonyl (C=O) groups excluding carboxylic acids is 1. The van der Waals surface area contributed by atoms with Gasteiger partial charge in [0.1, 0.15) is 11.3 Å². The highest BCUT2D eigenvalue weighted by atomic mass is 19.1. The van der Waals surface area contributed by atoms with Gasteiger partial charge in [0.15, 0.2) is 11.6 Å². The quantitative estimate of drug-likeness (QED) is 0.325. The van der Waals surface area contributed by atoms with Gasteiger partial charge in [0.25, 0.3) is 11.5 Å². The molecule has 0 saturated heterocycles. The molecule has 2 heterocycles. The number of hydrogen-bond acceptors (Lipinski definition) is 6. The third-order valence-corrected chi connectivity index (χ3v) is 6.60. The van der Waals surface area contributed by atoms with Crippen LogP contribution in [0.5, 0.6) is 11.5 Å². The molecular formula is C30H29FN4O5. The molecule has 1 aromatic heterocycles. The zero-order chi connectivity index (χ0) is 28.2. The second-order valence-electron chi connectivity index (χ2n) is 9.11. The summed E-state index contributed by atoms with van der Waals surface area (Å²) in [4.78, 5) is 32.6. The average Bonchev–Trinajstić information content (AvgIpc) is 3.22. The lowest BCUT2D eigenvalue weighted by Gasteiger charge is -2.28. The van der Waals surface area contributed by atoms with Crippen molar-refractivity contribution < 1.29 is 23.5 Å². The van der Waals surface area contributed by atoms with Gasteiger partial charge in [0, 0.05) is 30.5 Å². The number of anilines is 2. The molecule has 0 atom stereocenters. The van der Waals surface area contributed by atoms with E-state index in [0.29, 0.717) is 36.8 Å². The van der Waals surface area contributed by atoms with Gasteiger partial charge in [-0.25, -0.2) is 14.1 Å². The van der Waals surface area contributed by atoms with Gasteiger partial charge >= 0.3 is 0 Å². The lowest BCUT2D eigenvalue weighted by atomic mass is 10.1. The van der Waals surface area contributed by atoms with Crippen LogP contribution in [-0.4, -0.2) is 42.6 Å². The first kappa shape index (κ1) is 26.8. The minimum atomic E-state index is -0.673. The van der Waals surface area contributed by atoms with E-state index in [0.717, 1.165) is 17.3 Å². The van der Waals surface area contributed by atoms with E-state index in [1.54, 1.807) is 43.0 Å². The normalized spacial score (nSPS) is 12.2. The number of ether oxygens (including phenoxy) is 2. The van der Waals surface area contributed by atoms with Crippen LogP contribution in [-0.2, 0) is 11.3 Å². The molecule has 0 aliphatic carbocycles. The molecule has 10 heteroatoms. The molecule has 4 aromatic rings. The maximum absolute atomic E-state index is 15.1. The highest BCUT2D eigenvalue weighted by molar-refractivity contribution is 6.05. The molecule has 0 saturated carbocycles. The third kappa shape index (κ3) is 5.21. The number of nitrogens with zero attached hydrogens (tertiary/aromatic N) is 3. The molecule has 0 spiro atoms. The highest BCUT2D eigenvalue weighted by Crippen LogP contribution is 2.32. The van der Waals surface area contributed by atoms with Crippen molar-refractivity contribution in [3.63, 3.8) is 0 Å². The number of aromatic nitrogens is 2. The first-order valence-electron chi connectivity index (χ1n) is 12.7. The van der Waals surface area contributed by atoms with Gasteiger partial charge < -0.3 is 19.6 Å². The smallest absolute Gasteiger partial charge is 0.284 e. The van der Waals surface area contributed by atoms with Gasteiger partial charge in [-0.15, -0.1) is 0 Å². The maximum atomic E-state index is 15.1. The van der Waals surface area contributed by atoms with E-state index in [-0.39, 0.29) is 17.0 Å². The van der Waals surface area contributed by atoms with Crippen LogP contribution in [0.1, 0.15) is 21.6 Å². The number of halogens is 1. The molecule has 0 fully saturated rings. The fourth-order valence-corrected chi connectivity index (χ4v) is 4.61. The molecule has 0 radical (unpaired) electrons. The topological polar surface area (TPSA) is 87.0 Å². The zero-order valence-electron chi connectivity index (χ0n) is 22.4. The minimum absolute atomic E-state index is 0.0181. The fraction of sp³-hybridized carbons (Fsp3) is 0.200. The van der Waals surface area contributed by atoms with E-state index in [9.17, 15) is 9.59 Å². The number of carbonyl (C=O) groups is 1. The van der Waals surface area contributed by atoms with E-state index in [4.69, 9.17) is 14.3 Å². The SMILES string of the molecule is COCCn1c(C)c(C(=O)Nc2ccc(ON3CC=Cc4ccc(OC)cc43)c(F)c2)c(=O)n1-c1ccccc1. The Morgan fingerprint density at radius 3 is 2.58 bits per heavy atom. The van der Waals surface area contributed by atoms with Crippen molar-refractivity contribution in [2.24, 2.45) is 0 Å². The lowest BCUT2D eigenvalue weighted by molar-refractivity contribution is 0.102. The Kier molecular flexibility index (Phi) is 7.70. The standard InChI is InChI=1S/C30H29FN4O5/c1-20-28(30(37)35(33(20)16-17-38-2)23-9-5-4-6-10-23)29(36)32-22-12-14-27(25(31)18-22)40-34-15-7-8-21-11-13-24(39-3)19-26(21)34/h4-14,18-19H,15-17H2,1-3H3,(H,32,36). The molecule has 1 aliphatic rings. The van der Waals surface area contributed by atoms with Crippen LogP contribution in [0, 0.1) is 12.7 Å². The molecule has 1 aliphatic heterocycles. The number of amides is 1. The number of nitrogens with one attached hydrogen (secondary N) is 1. The van der Waals surface area contributed by atoms with E-state index in [1.165, 1.54) is 16.8 Å². The summed E-state index contributed by atoms with van der Waals surface area (Å²) >= 11 is 0. The number of benzene rings is 3. The molecular weight excluding hydrogens is 515 g/mol. The molecule has 5 rings (SSSR count). The maximum Gasteiger partial charge on any atom is 0.284 e. The first-order chi connectivity index (χ1) is 19.4. The van der Waals surface area contributed by atoms with Crippen LogP contribution in [0.25, 0.3) is 11.8 Å². The van der Waals surface area contributed by atoms with Crippen LogP contribution >= 0.6 is 0 Å². The predicted octanol–water partition coefficient (Wildman–Crippen LogP) is 4.82. The summed E-state index contributed by atoms with van der Waals surface area (Å²) in [7, 11) is 3.14. The Balaban J connectivity index is 1.38. The summed E-state index contributed by atoms with van der Waals surface area (Å²) in [6.45, 7) is 2.81. The van der Waals surface area contributed by atoms with Crippen LogP contribution in [0.2, 0.25) is 0 Å². The van der Waals surface area contributed by atoms with Crippen molar-refractivity contribution >= 4 is 23.4 Å². The zero-order valence-corrected chi connectivity index (χ0v) is 22.4. The summed E-state index contributed by atoms with van der Waals surface area (Å²) in [5, 5.41) is 4.22. The van der Waals surface area contributed by atoms with E-state index >= 15 is 4.39 Å². The molecule has 40 heavy (non-hydrogen) atoms. The van der Waals surface area contributed by atoms with E-state index < -0.39 is 17.3 Å². The van der Waals surface area contributed by atoms with Crippen molar-refractivity contribution in [2.75, 3.05) is 37.8 Å². The summed E-state index contributed by atoms with van der Waals surface area (Å²) < 4.78 is 28.8. The molecule has 3 aromatic carbocycles. The van der Waals surface area contributed by atoms with Crippen LogP contribution in [0.4, 0.5) is 15.8 Å². The summed E-state index contributed by atoms with van der Waals surface area (Å²) in [5.41, 5.74) is 2.40. The third-order valence-electron chi connectivity index (χ3n) is 6.60. The Bertz CT molecular complexity index is 1630.